The Hall–Kier alpha value is -0.580. The zero-order valence-electron chi connectivity index (χ0n) is 6.20. The molecule has 0 rings (SSSR count). The first-order valence-electron chi connectivity index (χ1n) is 2.98. The van der Waals surface area contributed by atoms with Crippen LogP contribution in [0.3, 0.4) is 0 Å². The molecule has 0 bridgehead atoms. The number of thiocyanates is 2. The second-order valence-electron chi connectivity index (χ2n) is 1.83. The third-order valence-electron chi connectivity index (χ3n) is 0.944. The quantitative estimate of drug-likeness (QED) is 0.382. The standard InChI is InChI=1S/C7H8N2S2/c1-7(4-11-6-9)2-3-10-5-8/h2H,3-4H2,1H3/b7-2-. The van der Waals surface area contributed by atoms with Gasteiger partial charge < -0.3 is 0 Å². The molecule has 0 aromatic rings. The van der Waals surface area contributed by atoms with Crippen LogP contribution in [0.15, 0.2) is 11.6 Å². The highest BCUT2D eigenvalue weighted by Crippen LogP contribution is 2.06. The summed E-state index contributed by atoms with van der Waals surface area (Å²) in [6.07, 6.45) is 1.97. The Balaban J connectivity index is 3.49. The van der Waals surface area contributed by atoms with E-state index in [0.717, 1.165) is 11.3 Å². The van der Waals surface area contributed by atoms with Gasteiger partial charge in [-0.1, -0.05) is 11.6 Å². The van der Waals surface area contributed by atoms with Gasteiger partial charge in [-0.05, 0) is 30.4 Å². The molecule has 0 saturated carbocycles. The maximum absolute atomic E-state index is 8.21. The molecule has 2 nitrogen and oxygen atoms in total. The summed E-state index contributed by atoms with van der Waals surface area (Å²) in [5, 5.41) is 20.4. The van der Waals surface area contributed by atoms with Gasteiger partial charge in [0, 0.05) is 11.5 Å². The third-order valence-corrected chi connectivity index (χ3v) is 2.14. The van der Waals surface area contributed by atoms with Gasteiger partial charge in [0.05, 0.1) is 0 Å². The average molecular weight is 184 g/mol. The van der Waals surface area contributed by atoms with Crippen molar-refractivity contribution in [2.24, 2.45) is 0 Å². The Bertz CT molecular complexity index is 209. The van der Waals surface area contributed by atoms with Crippen molar-refractivity contribution >= 4 is 23.5 Å². The molecule has 0 fully saturated rings. The van der Waals surface area contributed by atoms with Crippen LogP contribution in [0, 0.1) is 21.3 Å². The number of hydrogen-bond acceptors (Lipinski definition) is 4. The molecule has 0 aromatic heterocycles. The van der Waals surface area contributed by atoms with E-state index in [1.165, 1.54) is 23.5 Å². The molecule has 0 heterocycles. The average Bonchev–Trinajstić information content (AvgIpc) is 2.01. The molecule has 0 aliphatic heterocycles. The molecule has 0 aliphatic carbocycles. The minimum absolute atomic E-state index is 0.717. The van der Waals surface area contributed by atoms with Crippen LogP contribution in [0.5, 0.6) is 0 Å². The number of rotatable bonds is 4. The summed E-state index contributed by atoms with van der Waals surface area (Å²) >= 11 is 2.43. The predicted octanol–water partition coefficient (Wildman–Crippen LogP) is 2.36. The summed E-state index contributed by atoms with van der Waals surface area (Å²) in [4.78, 5) is 0. The fourth-order valence-corrected chi connectivity index (χ4v) is 1.28. The van der Waals surface area contributed by atoms with E-state index in [1.807, 2.05) is 23.8 Å². The lowest BCUT2D eigenvalue weighted by molar-refractivity contribution is 1.39. The zero-order chi connectivity index (χ0) is 8.53. The Morgan fingerprint density at radius 3 is 2.55 bits per heavy atom. The molecule has 0 radical (unpaired) electrons. The molecule has 0 unspecified atom stereocenters. The van der Waals surface area contributed by atoms with Crippen molar-refractivity contribution in [3.63, 3.8) is 0 Å². The largest absolute Gasteiger partial charge is 0.185 e. The van der Waals surface area contributed by atoms with Crippen LogP contribution >= 0.6 is 23.5 Å². The van der Waals surface area contributed by atoms with Gasteiger partial charge in [0.2, 0.25) is 0 Å². The maximum Gasteiger partial charge on any atom is 0.133 e. The lowest BCUT2D eigenvalue weighted by Crippen LogP contribution is -1.80. The first-order chi connectivity index (χ1) is 5.31. The fourth-order valence-electron chi connectivity index (χ4n) is 0.426. The van der Waals surface area contributed by atoms with Crippen LogP contribution in [0.4, 0.5) is 0 Å². The van der Waals surface area contributed by atoms with Crippen molar-refractivity contribution < 1.29 is 0 Å². The van der Waals surface area contributed by atoms with E-state index < -0.39 is 0 Å². The molecule has 0 N–H and O–H groups in total. The molecule has 0 aliphatic rings. The molecule has 11 heavy (non-hydrogen) atoms. The summed E-state index contributed by atoms with van der Waals surface area (Å²) in [7, 11) is 0. The van der Waals surface area contributed by atoms with E-state index >= 15 is 0 Å². The summed E-state index contributed by atoms with van der Waals surface area (Å²) in [5.41, 5.74) is 1.15. The Kier molecular flexibility index (Phi) is 7.13. The number of hydrogen-bond donors (Lipinski definition) is 0. The van der Waals surface area contributed by atoms with Crippen LogP contribution in [0.25, 0.3) is 0 Å². The fraction of sp³-hybridized carbons (Fsp3) is 0.429. The van der Waals surface area contributed by atoms with Crippen LogP contribution < -0.4 is 0 Å². The highest BCUT2D eigenvalue weighted by atomic mass is 32.2. The molecule has 0 spiro atoms. The van der Waals surface area contributed by atoms with Gasteiger partial charge in [0.1, 0.15) is 10.8 Å². The lowest BCUT2D eigenvalue weighted by atomic mass is 10.3. The highest BCUT2D eigenvalue weighted by Gasteiger charge is 1.88. The number of nitrogens with zero attached hydrogens (tertiary/aromatic N) is 2. The predicted molar refractivity (Wildman–Crippen MR) is 49.9 cm³/mol. The smallest absolute Gasteiger partial charge is 0.133 e. The summed E-state index contributed by atoms with van der Waals surface area (Å²) in [5.74, 6) is 1.46. The van der Waals surface area contributed by atoms with Crippen LogP contribution in [-0.2, 0) is 0 Å². The van der Waals surface area contributed by atoms with Gasteiger partial charge >= 0.3 is 0 Å². The minimum Gasteiger partial charge on any atom is -0.185 e. The first-order valence-corrected chi connectivity index (χ1v) is 4.95. The van der Waals surface area contributed by atoms with Gasteiger partial charge in [-0.25, -0.2) is 0 Å². The molecular weight excluding hydrogens is 176 g/mol. The van der Waals surface area contributed by atoms with E-state index in [1.54, 1.807) is 0 Å². The minimum atomic E-state index is 0.717. The van der Waals surface area contributed by atoms with Gasteiger partial charge in [-0.3, -0.25) is 0 Å². The van der Waals surface area contributed by atoms with Gasteiger partial charge in [-0.2, -0.15) is 10.5 Å². The summed E-state index contributed by atoms with van der Waals surface area (Å²) in [6, 6.07) is 0. The third kappa shape index (κ3) is 7.32. The molecule has 0 amide bonds. The van der Waals surface area contributed by atoms with E-state index in [2.05, 4.69) is 0 Å². The summed E-state index contributed by atoms with van der Waals surface area (Å²) in [6.45, 7) is 1.96. The van der Waals surface area contributed by atoms with Crippen molar-refractivity contribution in [3.05, 3.63) is 11.6 Å². The normalized spacial score (nSPS) is 10.3. The van der Waals surface area contributed by atoms with Crippen molar-refractivity contribution in [2.45, 2.75) is 6.92 Å². The maximum atomic E-state index is 8.21. The zero-order valence-corrected chi connectivity index (χ0v) is 7.84. The topological polar surface area (TPSA) is 47.6 Å². The lowest BCUT2D eigenvalue weighted by Gasteiger charge is -1.92. The van der Waals surface area contributed by atoms with Gasteiger partial charge in [-0.15, -0.1) is 0 Å². The molecule has 4 heteroatoms. The van der Waals surface area contributed by atoms with Crippen LogP contribution in [0.2, 0.25) is 0 Å². The monoisotopic (exact) mass is 184 g/mol. The van der Waals surface area contributed by atoms with E-state index in [4.69, 9.17) is 10.5 Å². The Morgan fingerprint density at radius 2 is 2.00 bits per heavy atom. The molecule has 0 saturated heterocycles. The van der Waals surface area contributed by atoms with E-state index in [-0.39, 0.29) is 0 Å². The first kappa shape index (κ1) is 10.4. The number of nitriles is 2. The Morgan fingerprint density at radius 1 is 1.36 bits per heavy atom. The molecular formula is C7H8N2S2. The number of thioether (sulfide) groups is 2. The summed E-state index contributed by atoms with van der Waals surface area (Å²) < 4.78 is 0. The second kappa shape index (κ2) is 7.53. The van der Waals surface area contributed by atoms with E-state index in [9.17, 15) is 0 Å². The molecule has 0 atom stereocenters. The van der Waals surface area contributed by atoms with Crippen LogP contribution in [0.1, 0.15) is 6.92 Å². The Labute approximate surface area is 75.3 Å². The van der Waals surface area contributed by atoms with Crippen LogP contribution in [-0.4, -0.2) is 11.5 Å². The second-order valence-corrected chi connectivity index (χ2v) is 3.40. The molecule has 0 aromatic carbocycles. The SMILES string of the molecule is C/C(=C/CSC#N)CSC#N. The van der Waals surface area contributed by atoms with E-state index in [0.29, 0.717) is 5.75 Å². The van der Waals surface area contributed by atoms with Crippen molar-refractivity contribution in [1.29, 1.82) is 10.5 Å². The van der Waals surface area contributed by atoms with Crippen molar-refractivity contribution in [2.75, 3.05) is 11.5 Å². The molecule has 58 valence electrons. The van der Waals surface area contributed by atoms with Crippen molar-refractivity contribution in [1.82, 2.24) is 0 Å². The highest BCUT2D eigenvalue weighted by molar-refractivity contribution is 8.04. The van der Waals surface area contributed by atoms with Crippen molar-refractivity contribution in [3.8, 4) is 10.8 Å². The van der Waals surface area contributed by atoms with Gasteiger partial charge in [0.25, 0.3) is 0 Å². The van der Waals surface area contributed by atoms with Gasteiger partial charge in [0.15, 0.2) is 0 Å².